The molecular formula is C13H23N. The Labute approximate surface area is 88.6 Å². The van der Waals surface area contributed by atoms with Gasteiger partial charge in [-0.25, -0.2) is 0 Å². The molecule has 0 saturated carbocycles. The quantitative estimate of drug-likeness (QED) is 0.719. The normalized spacial score (nSPS) is 15.4. The molecule has 0 aromatic heterocycles. The van der Waals surface area contributed by atoms with Crippen LogP contribution >= 0.6 is 0 Å². The van der Waals surface area contributed by atoms with Crippen LogP contribution in [0.25, 0.3) is 0 Å². The van der Waals surface area contributed by atoms with Gasteiger partial charge in [0, 0.05) is 7.05 Å². The van der Waals surface area contributed by atoms with Crippen LogP contribution < -0.4 is 5.32 Å². The minimum atomic E-state index is 1.09. The molecule has 1 rings (SSSR count). The highest BCUT2D eigenvalue weighted by Crippen LogP contribution is 2.19. The Morgan fingerprint density at radius 2 is 2.14 bits per heavy atom. The molecule has 1 aliphatic carbocycles. The number of hydrogen-bond acceptors (Lipinski definition) is 1. The average Bonchev–Trinajstić information content (AvgIpc) is 2.30. The Hall–Kier alpha value is -0.980. The van der Waals surface area contributed by atoms with Crippen LogP contribution in [0, 0.1) is 0 Å². The molecular weight excluding hydrogens is 170 g/mol. The Bertz CT molecular complexity index is 221. The van der Waals surface area contributed by atoms with Crippen molar-refractivity contribution in [3.8, 4) is 0 Å². The van der Waals surface area contributed by atoms with E-state index in [9.17, 15) is 0 Å². The zero-order chi connectivity index (χ0) is 10.8. The number of allylic oxidation sites excluding steroid dienone is 5. The Balaban J connectivity index is 0.000000791. The molecule has 1 nitrogen and oxygen atoms in total. The lowest BCUT2D eigenvalue weighted by Crippen LogP contribution is -1.98. The van der Waals surface area contributed by atoms with Crippen LogP contribution in [0.5, 0.6) is 0 Å². The van der Waals surface area contributed by atoms with E-state index in [4.69, 9.17) is 0 Å². The summed E-state index contributed by atoms with van der Waals surface area (Å²) in [6.07, 6.45) is 12.3. The van der Waals surface area contributed by atoms with E-state index >= 15 is 0 Å². The lowest BCUT2D eigenvalue weighted by molar-refractivity contribution is 0.982. The van der Waals surface area contributed by atoms with Crippen LogP contribution in [0.1, 0.15) is 40.0 Å². The second kappa shape index (κ2) is 8.61. The topological polar surface area (TPSA) is 12.0 Å². The lowest BCUT2D eigenvalue weighted by Gasteiger charge is -2.09. The molecule has 1 aliphatic rings. The van der Waals surface area contributed by atoms with Crippen molar-refractivity contribution in [3.05, 3.63) is 35.6 Å². The summed E-state index contributed by atoms with van der Waals surface area (Å²) in [6, 6.07) is 0. The van der Waals surface area contributed by atoms with E-state index in [1.807, 2.05) is 20.9 Å². The van der Waals surface area contributed by atoms with E-state index < -0.39 is 0 Å². The van der Waals surface area contributed by atoms with Gasteiger partial charge in [-0.2, -0.15) is 0 Å². The summed E-state index contributed by atoms with van der Waals surface area (Å²) in [5.74, 6) is 0. The SMILES string of the molecule is CC.CC/C(=C/NC)C1=CCCC=C1. The fourth-order valence-corrected chi connectivity index (χ4v) is 1.42. The Morgan fingerprint density at radius 1 is 1.43 bits per heavy atom. The third-order valence-corrected chi connectivity index (χ3v) is 2.07. The summed E-state index contributed by atoms with van der Waals surface area (Å²) in [5, 5.41) is 3.08. The average molecular weight is 193 g/mol. The molecule has 0 aromatic carbocycles. The Morgan fingerprint density at radius 3 is 2.57 bits per heavy atom. The molecule has 1 N–H and O–H groups in total. The zero-order valence-electron chi connectivity index (χ0n) is 9.93. The first-order valence-corrected chi connectivity index (χ1v) is 5.62. The fourth-order valence-electron chi connectivity index (χ4n) is 1.42. The van der Waals surface area contributed by atoms with Gasteiger partial charge in [0.05, 0.1) is 0 Å². The summed E-state index contributed by atoms with van der Waals surface area (Å²) in [7, 11) is 1.95. The lowest BCUT2D eigenvalue weighted by atomic mass is 9.99. The first-order chi connectivity index (χ1) is 6.88. The van der Waals surface area contributed by atoms with E-state index in [-0.39, 0.29) is 0 Å². The molecule has 0 atom stereocenters. The second-order valence-electron chi connectivity index (χ2n) is 2.95. The molecule has 0 bridgehead atoms. The van der Waals surface area contributed by atoms with Crippen molar-refractivity contribution in [3.63, 3.8) is 0 Å². The molecule has 0 aromatic rings. The van der Waals surface area contributed by atoms with Crippen LogP contribution in [0.15, 0.2) is 35.6 Å². The number of rotatable bonds is 3. The maximum Gasteiger partial charge on any atom is 0.00278 e. The van der Waals surface area contributed by atoms with E-state index in [2.05, 4.69) is 36.7 Å². The maximum atomic E-state index is 3.08. The van der Waals surface area contributed by atoms with Gasteiger partial charge in [0.25, 0.3) is 0 Å². The second-order valence-corrected chi connectivity index (χ2v) is 2.95. The molecule has 0 spiro atoms. The minimum Gasteiger partial charge on any atom is -0.394 e. The smallest absolute Gasteiger partial charge is 0.00278 e. The summed E-state index contributed by atoms with van der Waals surface area (Å²) in [5.41, 5.74) is 2.78. The van der Waals surface area contributed by atoms with Gasteiger partial charge in [0.1, 0.15) is 0 Å². The van der Waals surface area contributed by atoms with Gasteiger partial charge in [-0.05, 0) is 36.6 Å². The van der Waals surface area contributed by atoms with Gasteiger partial charge in [-0.3, -0.25) is 0 Å². The maximum absolute atomic E-state index is 3.08. The summed E-state index contributed by atoms with van der Waals surface area (Å²) in [6.45, 7) is 6.19. The largest absolute Gasteiger partial charge is 0.394 e. The molecule has 0 unspecified atom stereocenters. The summed E-state index contributed by atoms with van der Waals surface area (Å²) in [4.78, 5) is 0. The third kappa shape index (κ3) is 4.31. The molecule has 0 heterocycles. The van der Waals surface area contributed by atoms with Gasteiger partial charge in [-0.15, -0.1) is 0 Å². The molecule has 1 heteroatoms. The van der Waals surface area contributed by atoms with Crippen molar-refractivity contribution in [2.24, 2.45) is 0 Å². The Kier molecular flexibility index (Phi) is 8.01. The zero-order valence-corrected chi connectivity index (χ0v) is 9.93. The third-order valence-electron chi connectivity index (χ3n) is 2.07. The summed E-state index contributed by atoms with van der Waals surface area (Å²) >= 11 is 0. The standard InChI is InChI=1S/C11H17N.C2H6/c1-3-10(9-12-2)11-7-5-4-6-8-11;1-2/h5,7-9,12H,3-4,6H2,1-2H3;1-2H3/b10-9-;. The van der Waals surface area contributed by atoms with Gasteiger partial charge < -0.3 is 5.32 Å². The summed E-state index contributed by atoms with van der Waals surface area (Å²) < 4.78 is 0. The van der Waals surface area contributed by atoms with Crippen molar-refractivity contribution in [2.75, 3.05) is 7.05 Å². The van der Waals surface area contributed by atoms with Crippen LogP contribution in [-0.2, 0) is 0 Å². The highest BCUT2D eigenvalue weighted by atomic mass is 14.8. The van der Waals surface area contributed by atoms with E-state index in [1.165, 1.54) is 24.0 Å². The molecule has 14 heavy (non-hydrogen) atoms. The monoisotopic (exact) mass is 193 g/mol. The van der Waals surface area contributed by atoms with Crippen LogP contribution in [0.2, 0.25) is 0 Å². The number of hydrogen-bond donors (Lipinski definition) is 1. The van der Waals surface area contributed by atoms with Gasteiger partial charge >= 0.3 is 0 Å². The predicted molar refractivity (Wildman–Crippen MR) is 65.2 cm³/mol. The molecule has 80 valence electrons. The van der Waals surface area contributed by atoms with Gasteiger partial charge in [-0.1, -0.05) is 39.0 Å². The van der Waals surface area contributed by atoms with E-state index in [0.29, 0.717) is 0 Å². The molecule has 0 radical (unpaired) electrons. The van der Waals surface area contributed by atoms with Gasteiger partial charge in [0.15, 0.2) is 0 Å². The van der Waals surface area contributed by atoms with Gasteiger partial charge in [0.2, 0.25) is 0 Å². The first kappa shape index (κ1) is 13.0. The first-order valence-electron chi connectivity index (χ1n) is 5.62. The van der Waals surface area contributed by atoms with E-state index in [0.717, 1.165) is 6.42 Å². The molecule has 0 fully saturated rings. The highest BCUT2D eigenvalue weighted by Gasteiger charge is 2.01. The molecule has 0 saturated heterocycles. The highest BCUT2D eigenvalue weighted by molar-refractivity contribution is 5.40. The van der Waals surface area contributed by atoms with Crippen molar-refractivity contribution in [1.29, 1.82) is 0 Å². The van der Waals surface area contributed by atoms with Crippen molar-refractivity contribution in [2.45, 2.75) is 40.0 Å². The van der Waals surface area contributed by atoms with E-state index in [1.54, 1.807) is 0 Å². The van der Waals surface area contributed by atoms with Crippen molar-refractivity contribution >= 4 is 0 Å². The molecule has 0 amide bonds. The fraction of sp³-hybridized carbons (Fsp3) is 0.538. The molecule has 0 aliphatic heterocycles. The van der Waals surface area contributed by atoms with Crippen molar-refractivity contribution < 1.29 is 0 Å². The minimum absolute atomic E-state index is 1.09. The number of nitrogens with one attached hydrogen (secondary N) is 1. The van der Waals surface area contributed by atoms with Crippen LogP contribution in [-0.4, -0.2) is 7.05 Å². The van der Waals surface area contributed by atoms with Crippen molar-refractivity contribution in [1.82, 2.24) is 5.32 Å². The predicted octanol–water partition coefficient (Wildman–Crippen LogP) is 3.80. The van der Waals surface area contributed by atoms with Crippen LogP contribution in [0.4, 0.5) is 0 Å². The van der Waals surface area contributed by atoms with Crippen LogP contribution in [0.3, 0.4) is 0 Å².